The summed E-state index contributed by atoms with van der Waals surface area (Å²) in [6.07, 6.45) is 5.71. The molecule has 0 fully saturated rings. The first-order chi connectivity index (χ1) is 22.2. The first-order valence-corrected chi connectivity index (χ1v) is 15.2. The van der Waals surface area contributed by atoms with Crippen LogP contribution in [0.2, 0.25) is 0 Å². The molecule has 0 N–H and O–H groups in total. The maximum atomic E-state index is 5.15. The van der Waals surface area contributed by atoms with Crippen molar-refractivity contribution < 1.29 is 0 Å². The molecule has 9 rings (SSSR count). The molecule has 210 valence electrons. The fourth-order valence-corrected chi connectivity index (χ4v) is 7.05. The number of hydrogen-bond donors (Lipinski definition) is 0. The van der Waals surface area contributed by atoms with Gasteiger partial charge < -0.3 is 0 Å². The third kappa shape index (κ3) is 3.71. The summed E-state index contributed by atoms with van der Waals surface area (Å²) < 4.78 is 2.31. The monoisotopic (exact) mass is 573 g/mol. The van der Waals surface area contributed by atoms with Crippen molar-refractivity contribution in [3.8, 4) is 22.3 Å². The van der Waals surface area contributed by atoms with Crippen LogP contribution in [0.4, 0.5) is 0 Å². The van der Waals surface area contributed by atoms with Gasteiger partial charge in [-0.3, -0.25) is 9.38 Å². The number of rotatable bonds is 4. The van der Waals surface area contributed by atoms with E-state index in [0.717, 1.165) is 66.1 Å². The zero-order valence-electron chi connectivity index (χ0n) is 24.5. The molecule has 0 aliphatic heterocycles. The van der Waals surface area contributed by atoms with E-state index in [1.807, 2.05) is 24.4 Å². The van der Waals surface area contributed by atoms with E-state index in [1.54, 1.807) is 0 Å². The molecule has 0 aliphatic rings. The van der Waals surface area contributed by atoms with Gasteiger partial charge in [0.1, 0.15) is 5.65 Å². The minimum atomic E-state index is 0.934. The molecule has 0 unspecified atom stereocenters. The normalized spacial score (nSPS) is 11.7. The number of benzene rings is 6. The molecule has 9 aromatic rings. The van der Waals surface area contributed by atoms with E-state index in [4.69, 9.17) is 9.97 Å². The fraction of sp³-hybridized carbons (Fsp3) is 0. The number of fused-ring (bicyclic) bond motifs is 11. The summed E-state index contributed by atoms with van der Waals surface area (Å²) >= 11 is 0. The summed E-state index contributed by atoms with van der Waals surface area (Å²) in [7, 11) is 0. The van der Waals surface area contributed by atoms with Crippen LogP contribution in [-0.4, -0.2) is 14.4 Å². The smallest absolute Gasteiger partial charge is 0.148 e. The Labute approximate surface area is 260 Å². The summed E-state index contributed by atoms with van der Waals surface area (Å²) in [5.74, 6) is 0. The molecule has 6 aromatic carbocycles. The lowest BCUT2D eigenvalue weighted by Gasteiger charge is -2.14. The van der Waals surface area contributed by atoms with Crippen molar-refractivity contribution in [2.45, 2.75) is 0 Å². The first kappa shape index (κ1) is 25.4. The van der Waals surface area contributed by atoms with Crippen molar-refractivity contribution in [3.63, 3.8) is 0 Å². The number of para-hydroxylation sites is 2. The summed E-state index contributed by atoms with van der Waals surface area (Å²) in [6, 6.07) is 43.3. The predicted octanol–water partition coefficient (Wildman–Crippen LogP) is 11.1. The molecule has 3 nitrogen and oxygen atoms in total. The summed E-state index contributed by atoms with van der Waals surface area (Å²) in [6.45, 7) is 8.14. The minimum Gasteiger partial charge on any atom is -0.292 e. The molecular formula is C42H27N3. The molecule has 0 saturated carbocycles. The van der Waals surface area contributed by atoms with Crippen molar-refractivity contribution in [2.75, 3.05) is 0 Å². The Bertz CT molecular complexity index is 2680. The summed E-state index contributed by atoms with van der Waals surface area (Å²) in [5, 5.41) is 6.93. The molecule has 0 atom stereocenters. The molecule has 0 bridgehead atoms. The summed E-state index contributed by atoms with van der Waals surface area (Å²) in [5.41, 5.74) is 12.0. The molecule has 0 saturated heterocycles. The minimum absolute atomic E-state index is 0.934. The van der Waals surface area contributed by atoms with Crippen molar-refractivity contribution in [3.05, 3.63) is 152 Å². The Hall–Kier alpha value is -6.06. The van der Waals surface area contributed by atoms with E-state index in [0.29, 0.717) is 0 Å². The molecule has 3 aromatic heterocycles. The van der Waals surface area contributed by atoms with Crippen molar-refractivity contribution in [1.82, 2.24) is 14.4 Å². The van der Waals surface area contributed by atoms with Gasteiger partial charge in [-0.25, -0.2) is 4.98 Å². The molecule has 0 spiro atoms. The number of nitrogens with zero attached hydrogens (tertiary/aromatic N) is 3. The second-order valence-electron chi connectivity index (χ2n) is 11.5. The molecule has 3 heteroatoms. The predicted molar refractivity (Wildman–Crippen MR) is 192 cm³/mol. The lowest BCUT2D eigenvalue weighted by Crippen LogP contribution is -1.94. The highest BCUT2D eigenvalue weighted by atomic mass is 15.0. The Balaban J connectivity index is 1.26. The first-order valence-electron chi connectivity index (χ1n) is 15.2. The zero-order valence-corrected chi connectivity index (χ0v) is 24.5. The molecule has 0 aliphatic carbocycles. The molecule has 45 heavy (non-hydrogen) atoms. The molecule has 3 heterocycles. The van der Waals surface area contributed by atoms with E-state index in [1.165, 1.54) is 27.3 Å². The van der Waals surface area contributed by atoms with Crippen molar-refractivity contribution in [1.29, 1.82) is 0 Å². The van der Waals surface area contributed by atoms with Crippen LogP contribution in [0.25, 0.3) is 94.4 Å². The van der Waals surface area contributed by atoms with E-state index in [-0.39, 0.29) is 0 Å². The Morgan fingerprint density at radius 3 is 2.18 bits per heavy atom. The quantitative estimate of drug-likeness (QED) is 0.196. The highest BCUT2D eigenvalue weighted by Crippen LogP contribution is 2.39. The van der Waals surface area contributed by atoms with Crippen LogP contribution in [0.5, 0.6) is 0 Å². The SMILES string of the molecule is C=Cc1cc(-c2ccc(-c3ccc4c5ccc6cccnc6c5c5nc6ccccc6n5c4c3)cc2)c2ccccc2c1C=C. The van der Waals surface area contributed by atoms with Crippen molar-refractivity contribution in [2.24, 2.45) is 0 Å². The van der Waals surface area contributed by atoms with Gasteiger partial charge in [0.05, 0.1) is 27.5 Å². The van der Waals surface area contributed by atoms with Crippen LogP contribution in [0.15, 0.2) is 141 Å². The number of hydrogen-bond acceptors (Lipinski definition) is 2. The van der Waals surface area contributed by atoms with Crippen LogP contribution < -0.4 is 0 Å². The second kappa shape index (κ2) is 9.73. The van der Waals surface area contributed by atoms with Gasteiger partial charge in [-0.15, -0.1) is 0 Å². The van der Waals surface area contributed by atoms with Crippen LogP contribution in [-0.2, 0) is 0 Å². The van der Waals surface area contributed by atoms with E-state index in [9.17, 15) is 0 Å². The fourth-order valence-electron chi connectivity index (χ4n) is 7.05. The highest BCUT2D eigenvalue weighted by molar-refractivity contribution is 6.22. The third-order valence-electron chi connectivity index (χ3n) is 9.16. The average Bonchev–Trinajstić information content (AvgIpc) is 3.50. The number of pyridine rings is 2. The lowest BCUT2D eigenvalue weighted by molar-refractivity contribution is 1.31. The van der Waals surface area contributed by atoms with E-state index >= 15 is 0 Å². The molecular weight excluding hydrogens is 546 g/mol. The van der Waals surface area contributed by atoms with Gasteiger partial charge >= 0.3 is 0 Å². The van der Waals surface area contributed by atoms with Crippen LogP contribution in [0, 0.1) is 0 Å². The topological polar surface area (TPSA) is 30.2 Å². The van der Waals surface area contributed by atoms with Gasteiger partial charge in [-0.05, 0) is 79.9 Å². The summed E-state index contributed by atoms with van der Waals surface area (Å²) in [4.78, 5) is 9.96. The van der Waals surface area contributed by atoms with Crippen LogP contribution in [0.1, 0.15) is 11.1 Å². The van der Waals surface area contributed by atoms with Crippen molar-refractivity contribution >= 4 is 72.2 Å². The highest BCUT2D eigenvalue weighted by Gasteiger charge is 2.17. The van der Waals surface area contributed by atoms with Gasteiger partial charge in [0.25, 0.3) is 0 Å². The van der Waals surface area contributed by atoms with Gasteiger partial charge in [0.2, 0.25) is 0 Å². The van der Waals surface area contributed by atoms with E-state index in [2.05, 4.69) is 133 Å². The third-order valence-corrected chi connectivity index (χ3v) is 9.16. The Kier molecular flexibility index (Phi) is 5.50. The largest absolute Gasteiger partial charge is 0.292 e. The number of imidazole rings is 1. The van der Waals surface area contributed by atoms with Gasteiger partial charge in [0.15, 0.2) is 0 Å². The zero-order chi connectivity index (χ0) is 30.1. The van der Waals surface area contributed by atoms with Gasteiger partial charge in [-0.1, -0.05) is 116 Å². The van der Waals surface area contributed by atoms with Crippen LogP contribution in [0.3, 0.4) is 0 Å². The average molecular weight is 574 g/mol. The van der Waals surface area contributed by atoms with E-state index < -0.39 is 0 Å². The Morgan fingerprint density at radius 1 is 0.578 bits per heavy atom. The maximum absolute atomic E-state index is 5.15. The molecule has 0 amide bonds. The standard InChI is InChI=1S/C42H27N3/c1-3-26-24-36(33-12-6-5-11-32(33)31(26)4-2)28-17-15-27(16-18-28)30-20-21-34-35-22-19-29-10-9-23-43-41(29)40(35)42-44-37-13-7-8-14-38(37)45(42)39(34)25-30/h3-25H,1-2H2. The molecule has 0 radical (unpaired) electrons. The maximum Gasteiger partial charge on any atom is 0.148 e. The lowest BCUT2D eigenvalue weighted by atomic mass is 9.90. The van der Waals surface area contributed by atoms with Gasteiger partial charge in [-0.2, -0.15) is 0 Å². The van der Waals surface area contributed by atoms with Gasteiger partial charge in [0, 0.05) is 17.0 Å². The second-order valence-corrected chi connectivity index (χ2v) is 11.5. The van der Waals surface area contributed by atoms with Crippen LogP contribution >= 0.6 is 0 Å². The Morgan fingerprint density at radius 2 is 1.33 bits per heavy atom. The number of aromatic nitrogens is 3.